The Balaban J connectivity index is 0.00000156. The van der Waals surface area contributed by atoms with Gasteiger partial charge in [0.2, 0.25) is 5.91 Å². The lowest BCUT2D eigenvalue weighted by Gasteiger charge is -2.30. The van der Waals surface area contributed by atoms with Gasteiger partial charge in [-0.3, -0.25) is 4.79 Å². The summed E-state index contributed by atoms with van der Waals surface area (Å²) in [7, 11) is 0. The van der Waals surface area contributed by atoms with Gasteiger partial charge in [0, 0.05) is 19.1 Å². The van der Waals surface area contributed by atoms with Crippen LogP contribution in [0.5, 0.6) is 0 Å². The molecule has 1 aliphatic heterocycles. The first-order chi connectivity index (χ1) is 10.7. The van der Waals surface area contributed by atoms with Crippen molar-refractivity contribution in [3.63, 3.8) is 0 Å². The van der Waals surface area contributed by atoms with E-state index in [9.17, 15) is 4.79 Å². The van der Waals surface area contributed by atoms with Crippen molar-refractivity contribution in [1.82, 2.24) is 4.90 Å². The van der Waals surface area contributed by atoms with Gasteiger partial charge in [-0.25, -0.2) is 0 Å². The van der Waals surface area contributed by atoms with E-state index in [1.54, 1.807) is 0 Å². The number of fused-ring (bicyclic) bond motifs is 2. The minimum absolute atomic E-state index is 0. The Morgan fingerprint density at radius 2 is 1.87 bits per heavy atom. The van der Waals surface area contributed by atoms with Gasteiger partial charge in [0.05, 0.1) is 5.92 Å². The van der Waals surface area contributed by atoms with Crippen molar-refractivity contribution >= 4 is 18.3 Å². The zero-order valence-corrected chi connectivity index (χ0v) is 14.4. The maximum Gasteiger partial charge on any atom is 0.227 e. The van der Waals surface area contributed by atoms with Gasteiger partial charge in [0.25, 0.3) is 0 Å². The molecule has 126 valence electrons. The van der Waals surface area contributed by atoms with Gasteiger partial charge >= 0.3 is 0 Å². The number of nitrogens with two attached hydrogens (primary N) is 1. The summed E-state index contributed by atoms with van der Waals surface area (Å²) >= 11 is 0. The minimum atomic E-state index is 0. The van der Waals surface area contributed by atoms with Gasteiger partial charge in [-0.1, -0.05) is 30.3 Å². The van der Waals surface area contributed by atoms with E-state index in [0.717, 1.165) is 25.9 Å². The fourth-order valence-electron chi connectivity index (χ4n) is 5.06. The van der Waals surface area contributed by atoms with Gasteiger partial charge < -0.3 is 10.6 Å². The molecule has 2 N–H and O–H groups in total. The predicted molar refractivity (Wildman–Crippen MR) is 94.4 cm³/mol. The summed E-state index contributed by atoms with van der Waals surface area (Å²) in [5.74, 6) is 2.27. The van der Waals surface area contributed by atoms with Crippen LogP contribution in [0.15, 0.2) is 30.3 Å². The fourth-order valence-corrected chi connectivity index (χ4v) is 5.06. The summed E-state index contributed by atoms with van der Waals surface area (Å²) < 4.78 is 0. The van der Waals surface area contributed by atoms with Crippen LogP contribution in [0.4, 0.5) is 0 Å². The van der Waals surface area contributed by atoms with Crippen LogP contribution in [0.1, 0.15) is 31.2 Å². The quantitative estimate of drug-likeness (QED) is 0.924. The molecule has 0 radical (unpaired) electrons. The number of nitrogens with zero attached hydrogens (tertiary/aromatic N) is 1. The molecule has 5 atom stereocenters. The highest BCUT2D eigenvalue weighted by molar-refractivity contribution is 5.85. The Morgan fingerprint density at radius 1 is 1.13 bits per heavy atom. The first-order valence-electron chi connectivity index (χ1n) is 8.80. The molecule has 2 bridgehead atoms. The van der Waals surface area contributed by atoms with Crippen molar-refractivity contribution in [1.29, 1.82) is 0 Å². The van der Waals surface area contributed by atoms with Crippen LogP contribution in [0, 0.1) is 23.7 Å². The second kappa shape index (κ2) is 6.82. The van der Waals surface area contributed by atoms with Gasteiger partial charge in [0.1, 0.15) is 0 Å². The average molecular weight is 335 g/mol. The molecule has 3 fully saturated rings. The number of hydrogen-bond acceptors (Lipinski definition) is 2. The number of hydrogen-bond donors (Lipinski definition) is 1. The van der Waals surface area contributed by atoms with Crippen molar-refractivity contribution < 1.29 is 4.79 Å². The number of likely N-dealkylation sites (tertiary alicyclic amines) is 1. The number of benzene rings is 1. The number of carbonyl (C=O) groups is 1. The molecular formula is C19H27ClN2O. The highest BCUT2D eigenvalue weighted by Gasteiger charge is 2.50. The zero-order valence-electron chi connectivity index (χ0n) is 13.6. The van der Waals surface area contributed by atoms with E-state index in [-0.39, 0.29) is 24.4 Å². The lowest BCUT2D eigenvalue weighted by Crippen LogP contribution is -2.46. The average Bonchev–Trinajstić information content (AvgIpc) is 3.23. The molecule has 3 nitrogen and oxygen atoms in total. The second-order valence-electron chi connectivity index (χ2n) is 7.57. The zero-order chi connectivity index (χ0) is 15.1. The summed E-state index contributed by atoms with van der Waals surface area (Å²) in [4.78, 5) is 15.0. The molecule has 1 saturated heterocycles. The molecule has 3 aliphatic rings. The Labute approximate surface area is 145 Å². The van der Waals surface area contributed by atoms with Crippen LogP contribution in [-0.2, 0) is 11.2 Å². The van der Waals surface area contributed by atoms with Gasteiger partial charge in [-0.2, -0.15) is 0 Å². The topological polar surface area (TPSA) is 46.3 Å². The highest BCUT2D eigenvalue weighted by Crippen LogP contribution is 2.48. The monoisotopic (exact) mass is 334 g/mol. The molecule has 1 aromatic rings. The van der Waals surface area contributed by atoms with Gasteiger partial charge in [0.15, 0.2) is 0 Å². The molecule has 2 aliphatic carbocycles. The number of halogens is 1. The molecule has 23 heavy (non-hydrogen) atoms. The maximum atomic E-state index is 12.9. The van der Waals surface area contributed by atoms with Gasteiger partial charge in [-0.05, 0) is 55.4 Å². The molecule has 4 rings (SSSR count). The highest BCUT2D eigenvalue weighted by atomic mass is 35.5. The molecule has 2 saturated carbocycles. The van der Waals surface area contributed by atoms with Gasteiger partial charge in [-0.15, -0.1) is 12.4 Å². The van der Waals surface area contributed by atoms with E-state index < -0.39 is 0 Å². The molecule has 1 aromatic carbocycles. The summed E-state index contributed by atoms with van der Waals surface area (Å²) in [6.45, 7) is 1.85. The largest absolute Gasteiger partial charge is 0.342 e. The third-order valence-corrected chi connectivity index (χ3v) is 6.23. The fraction of sp³-hybridized carbons (Fsp3) is 0.632. The molecule has 4 heteroatoms. The Kier molecular flexibility index (Phi) is 4.98. The third kappa shape index (κ3) is 3.14. The van der Waals surface area contributed by atoms with Crippen LogP contribution >= 0.6 is 12.4 Å². The van der Waals surface area contributed by atoms with E-state index in [4.69, 9.17) is 5.73 Å². The molecular weight excluding hydrogens is 308 g/mol. The van der Waals surface area contributed by atoms with E-state index in [0.29, 0.717) is 23.7 Å². The van der Waals surface area contributed by atoms with Crippen LogP contribution in [-0.4, -0.2) is 29.9 Å². The van der Waals surface area contributed by atoms with E-state index in [2.05, 4.69) is 35.2 Å². The first-order valence-corrected chi connectivity index (χ1v) is 8.80. The Hall–Kier alpha value is -1.06. The number of carbonyl (C=O) groups excluding carboxylic acids is 1. The predicted octanol–water partition coefficient (Wildman–Crippen LogP) is 2.87. The minimum Gasteiger partial charge on any atom is -0.342 e. The third-order valence-electron chi connectivity index (χ3n) is 6.23. The van der Waals surface area contributed by atoms with Crippen molar-refractivity contribution in [2.24, 2.45) is 29.4 Å². The van der Waals surface area contributed by atoms with E-state index in [1.165, 1.54) is 24.8 Å². The van der Waals surface area contributed by atoms with E-state index >= 15 is 0 Å². The Morgan fingerprint density at radius 3 is 2.57 bits per heavy atom. The number of rotatable bonds is 3. The molecule has 1 amide bonds. The first kappa shape index (κ1) is 16.8. The maximum absolute atomic E-state index is 12.9. The summed E-state index contributed by atoms with van der Waals surface area (Å²) in [6.07, 6.45) is 5.88. The lowest BCUT2D eigenvalue weighted by molar-refractivity contribution is -0.136. The van der Waals surface area contributed by atoms with Crippen molar-refractivity contribution in [3.8, 4) is 0 Å². The van der Waals surface area contributed by atoms with Crippen molar-refractivity contribution in [3.05, 3.63) is 35.9 Å². The van der Waals surface area contributed by atoms with Crippen LogP contribution in [0.2, 0.25) is 0 Å². The van der Waals surface area contributed by atoms with Crippen LogP contribution in [0.3, 0.4) is 0 Å². The Bertz CT molecular complexity index is 548. The summed E-state index contributed by atoms with van der Waals surface area (Å²) in [6, 6.07) is 10.8. The number of amides is 1. The molecule has 5 unspecified atom stereocenters. The van der Waals surface area contributed by atoms with Crippen molar-refractivity contribution in [2.75, 3.05) is 13.1 Å². The standard InChI is InChI=1S/C19H26N2O.ClH/c20-18-16-7-6-15(11-16)17(18)19(22)21-9-8-14(12-21)10-13-4-2-1-3-5-13;/h1-5,14-18H,6-12,20H2;1H. The lowest BCUT2D eigenvalue weighted by atomic mass is 9.84. The van der Waals surface area contributed by atoms with Crippen molar-refractivity contribution in [2.45, 2.75) is 38.1 Å². The van der Waals surface area contributed by atoms with Crippen LogP contribution in [0.25, 0.3) is 0 Å². The normalized spacial score (nSPS) is 35.3. The smallest absolute Gasteiger partial charge is 0.227 e. The molecule has 0 aromatic heterocycles. The second-order valence-corrected chi connectivity index (χ2v) is 7.57. The van der Waals surface area contributed by atoms with E-state index in [1.807, 2.05) is 0 Å². The summed E-state index contributed by atoms with van der Waals surface area (Å²) in [5, 5.41) is 0. The molecule has 1 heterocycles. The van der Waals surface area contributed by atoms with Crippen LogP contribution < -0.4 is 5.73 Å². The molecule has 0 spiro atoms. The SMILES string of the molecule is Cl.NC1C2CCC(C2)C1C(=O)N1CCC(Cc2ccccc2)C1. The summed E-state index contributed by atoms with van der Waals surface area (Å²) in [5.41, 5.74) is 7.73.